The van der Waals surface area contributed by atoms with Crippen LogP contribution in [0.3, 0.4) is 0 Å². The van der Waals surface area contributed by atoms with Crippen molar-refractivity contribution in [3.05, 3.63) is 46.8 Å². The summed E-state index contributed by atoms with van der Waals surface area (Å²) >= 11 is 0. The Bertz CT molecular complexity index is 902. The molecule has 1 aromatic heterocycles. The van der Waals surface area contributed by atoms with Crippen LogP contribution < -0.4 is 5.32 Å². The fraction of sp³-hybridized carbons (Fsp3) is 0.421. The third kappa shape index (κ3) is 3.68. The summed E-state index contributed by atoms with van der Waals surface area (Å²) in [7, 11) is -3.55. The van der Waals surface area contributed by atoms with Crippen LogP contribution in [0.25, 0.3) is 0 Å². The van der Waals surface area contributed by atoms with E-state index in [4.69, 9.17) is 0 Å². The Hall–Kier alpha value is -2.12. The van der Waals surface area contributed by atoms with E-state index < -0.39 is 10.0 Å². The summed E-state index contributed by atoms with van der Waals surface area (Å²) in [5.74, 6) is -0.347. The van der Waals surface area contributed by atoms with Gasteiger partial charge < -0.3 is 10.3 Å². The van der Waals surface area contributed by atoms with Crippen molar-refractivity contribution in [1.29, 1.82) is 0 Å². The predicted molar refractivity (Wildman–Crippen MR) is 102 cm³/mol. The minimum atomic E-state index is -3.55. The van der Waals surface area contributed by atoms with E-state index in [2.05, 4.69) is 10.3 Å². The number of hydrogen-bond acceptors (Lipinski definition) is 3. The number of benzene rings is 1. The molecule has 7 heteroatoms. The van der Waals surface area contributed by atoms with Crippen LogP contribution in [0.4, 0.5) is 5.69 Å². The van der Waals surface area contributed by atoms with Gasteiger partial charge in [-0.3, -0.25) is 4.79 Å². The minimum absolute atomic E-state index is 0.141. The number of piperidine rings is 1. The molecule has 1 saturated heterocycles. The number of H-pyrrole nitrogens is 1. The molecule has 1 aromatic carbocycles. The van der Waals surface area contributed by atoms with Crippen LogP contribution in [-0.4, -0.2) is 36.7 Å². The lowest BCUT2D eigenvalue weighted by Crippen LogP contribution is -2.35. The molecule has 0 atom stereocenters. The highest BCUT2D eigenvalue weighted by atomic mass is 32.2. The summed E-state index contributed by atoms with van der Waals surface area (Å²) in [6.45, 7) is 6.97. The Labute approximate surface area is 154 Å². The van der Waals surface area contributed by atoms with Crippen molar-refractivity contribution in [2.75, 3.05) is 18.4 Å². The average molecular weight is 375 g/mol. The number of anilines is 1. The van der Waals surface area contributed by atoms with E-state index in [-0.39, 0.29) is 16.5 Å². The van der Waals surface area contributed by atoms with Gasteiger partial charge in [0.15, 0.2) is 0 Å². The van der Waals surface area contributed by atoms with Crippen LogP contribution in [0, 0.1) is 20.8 Å². The second-order valence-electron chi connectivity index (χ2n) is 6.94. The van der Waals surface area contributed by atoms with Crippen molar-refractivity contribution in [2.24, 2.45) is 0 Å². The summed E-state index contributed by atoms with van der Waals surface area (Å²) < 4.78 is 26.9. The molecule has 6 nitrogen and oxygen atoms in total. The lowest BCUT2D eigenvalue weighted by molar-refractivity contribution is 0.102. The van der Waals surface area contributed by atoms with E-state index in [1.165, 1.54) is 16.6 Å². The van der Waals surface area contributed by atoms with Gasteiger partial charge in [0.2, 0.25) is 10.0 Å². The highest BCUT2D eigenvalue weighted by Crippen LogP contribution is 2.24. The number of aryl methyl sites for hydroxylation is 3. The van der Waals surface area contributed by atoms with Crippen molar-refractivity contribution in [2.45, 2.75) is 44.9 Å². The van der Waals surface area contributed by atoms with E-state index in [0.29, 0.717) is 13.1 Å². The fourth-order valence-corrected chi connectivity index (χ4v) is 4.98. The molecule has 2 aromatic rings. The smallest absolute Gasteiger partial charge is 0.272 e. The number of sulfonamides is 1. The third-order valence-corrected chi connectivity index (χ3v) is 6.65. The van der Waals surface area contributed by atoms with E-state index in [1.54, 1.807) is 0 Å². The number of aromatic nitrogens is 1. The normalized spacial score (nSPS) is 15.8. The maximum Gasteiger partial charge on any atom is 0.272 e. The molecule has 0 aliphatic carbocycles. The number of aromatic amines is 1. The van der Waals surface area contributed by atoms with Crippen LogP contribution in [0.1, 0.15) is 46.4 Å². The van der Waals surface area contributed by atoms with Crippen LogP contribution in [0.5, 0.6) is 0 Å². The second-order valence-corrected chi connectivity index (χ2v) is 8.88. The molecular formula is C19H25N3O3S. The fourth-order valence-electron chi connectivity index (χ4n) is 3.47. The van der Waals surface area contributed by atoms with Gasteiger partial charge in [-0.05, 0) is 50.8 Å². The summed E-state index contributed by atoms with van der Waals surface area (Å²) in [4.78, 5) is 15.5. The first kappa shape index (κ1) is 18.7. The third-order valence-electron chi connectivity index (χ3n) is 4.77. The van der Waals surface area contributed by atoms with Crippen molar-refractivity contribution in [3.8, 4) is 0 Å². The largest absolute Gasteiger partial charge is 0.356 e. The van der Waals surface area contributed by atoms with Gasteiger partial charge in [0.05, 0.1) is 0 Å². The van der Waals surface area contributed by atoms with Crippen molar-refractivity contribution < 1.29 is 13.2 Å². The summed E-state index contributed by atoms with van der Waals surface area (Å²) in [5.41, 5.74) is 4.08. The van der Waals surface area contributed by atoms with Gasteiger partial charge in [-0.15, -0.1) is 0 Å². The monoisotopic (exact) mass is 375 g/mol. The highest BCUT2D eigenvalue weighted by molar-refractivity contribution is 7.89. The highest BCUT2D eigenvalue weighted by Gasteiger charge is 2.27. The molecule has 3 rings (SSSR count). The first-order valence-corrected chi connectivity index (χ1v) is 10.3. The van der Waals surface area contributed by atoms with Gasteiger partial charge in [0.25, 0.3) is 5.91 Å². The summed E-state index contributed by atoms with van der Waals surface area (Å²) in [6.07, 6.45) is 4.21. The van der Waals surface area contributed by atoms with Crippen molar-refractivity contribution in [1.82, 2.24) is 9.29 Å². The first-order valence-electron chi connectivity index (χ1n) is 8.87. The molecular weight excluding hydrogens is 350 g/mol. The van der Waals surface area contributed by atoms with Gasteiger partial charge >= 0.3 is 0 Å². The predicted octanol–water partition coefficient (Wildman–Crippen LogP) is 3.37. The number of amides is 1. The summed E-state index contributed by atoms with van der Waals surface area (Å²) in [5, 5.41) is 2.89. The molecule has 26 heavy (non-hydrogen) atoms. The van der Waals surface area contributed by atoms with E-state index in [1.807, 2.05) is 32.9 Å². The van der Waals surface area contributed by atoms with Crippen LogP contribution in [-0.2, 0) is 10.0 Å². The lowest BCUT2D eigenvalue weighted by atomic mass is 10.1. The number of hydrogen-bond donors (Lipinski definition) is 2. The zero-order chi connectivity index (χ0) is 18.9. The van der Waals surface area contributed by atoms with Gasteiger partial charge in [0.1, 0.15) is 10.6 Å². The van der Waals surface area contributed by atoms with Crippen molar-refractivity contribution >= 4 is 21.6 Å². The molecule has 1 aliphatic rings. The van der Waals surface area contributed by atoms with E-state index >= 15 is 0 Å². The zero-order valence-electron chi connectivity index (χ0n) is 15.4. The molecule has 1 fully saturated rings. The van der Waals surface area contributed by atoms with Crippen LogP contribution in [0.15, 0.2) is 29.3 Å². The Kier molecular flexibility index (Phi) is 5.20. The quantitative estimate of drug-likeness (QED) is 0.859. The second kappa shape index (κ2) is 7.25. The average Bonchev–Trinajstić information content (AvgIpc) is 3.09. The molecule has 0 unspecified atom stereocenters. The number of carbonyl (C=O) groups is 1. The molecule has 2 heterocycles. The molecule has 0 spiro atoms. The first-order chi connectivity index (χ1) is 12.3. The number of nitrogens with zero attached hydrogens (tertiary/aromatic N) is 1. The van der Waals surface area contributed by atoms with E-state index in [9.17, 15) is 13.2 Å². The molecule has 0 saturated carbocycles. The SMILES string of the molecule is Cc1cc(C)c(NC(=O)c2cc(S(=O)(=O)N3CCCCC3)c[nH]2)c(C)c1. The number of carbonyl (C=O) groups excluding carboxylic acids is 1. The number of nitrogens with one attached hydrogen (secondary N) is 2. The maximum absolute atomic E-state index is 12.7. The van der Waals surface area contributed by atoms with Gasteiger partial charge in [-0.25, -0.2) is 8.42 Å². The minimum Gasteiger partial charge on any atom is -0.356 e. The molecule has 1 aliphatic heterocycles. The van der Waals surface area contributed by atoms with Crippen molar-refractivity contribution in [3.63, 3.8) is 0 Å². The maximum atomic E-state index is 12.7. The van der Waals surface area contributed by atoms with Gasteiger partial charge in [-0.2, -0.15) is 4.31 Å². The standard InChI is InChI=1S/C19H25N3O3S/c1-13-9-14(2)18(15(3)10-13)21-19(23)17-11-16(12-20-17)26(24,25)22-7-5-4-6-8-22/h9-12,20H,4-8H2,1-3H3,(H,21,23). The molecule has 2 N–H and O–H groups in total. The molecule has 0 bridgehead atoms. The zero-order valence-corrected chi connectivity index (χ0v) is 16.2. The lowest BCUT2D eigenvalue weighted by Gasteiger charge is -2.25. The molecule has 1 amide bonds. The Morgan fingerprint density at radius 3 is 2.27 bits per heavy atom. The topological polar surface area (TPSA) is 82.3 Å². The van der Waals surface area contributed by atoms with Crippen LogP contribution in [0.2, 0.25) is 0 Å². The molecule has 140 valence electrons. The summed E-state index contributed by atoms with van der Waals surface area (Å²) in [6, 6.07) is 5.42. The van der Waals surface area contributed by atoms with Gasteiger partial charge in [-0.1, -0.05) is 24.1 Å². The molecule has 0 radical (unpaired) electrons. The van der Waals surface area contributed by atoms with E-state index in [0.717, 1.165) is 41.6 Å². The Balaban J connectivity index is 1.80. The Morgan fingerprint density at radius 2 is 1.65 bits per heavy atom. The van der Waals surface area contributed by atoms with Crippen LogP contribution >= 0.6 is 0 Å². The van der Waals surface area contributed by atoms with Gasteiger partial charge in [0, 0.05) is 25.0 Å². The number of rotatable bonds is 4. The Morgan fingerprint density at radius 1 is 1.04 bits per heavy atom.